The molecule has 0 aromatic heterocycles. The fourth-order valence-electron chi connectivity index (χ4n) is 1.38. The van der Waals surface area contributed by atoms with Crippen molar-refractivity contribution in [2.24, 2.45) is 0 Å². The predicted octanol–water partition coefficient (Wildman–Crippen LogP) is 1.80. The molecule has 0 spiro atoms. The quantitative estimate of drug-likeness (QED) is 0.455. The molecule has 0 saturated carbocycles. The molecule has 1 aromatic rings. The summed E-state index contributed by atoms with van der Waals surface area (Å²) in [5.74, 6) is -1.48. The number of carbonyl (C=O) groups is 1. The third kappa shape index (κ3) is 3.03. The molecule has 1 rings (SSSR count). The Bertz CT molecular complexity index is 533. The second-order valence-corrected chi connectivity index (χ2v) is 3.38. The summed E-state index contributed by atoms with van der Waals surface area (Å²) in [5.41, 5.74) is -2.22. The molecule has 0 amide bonds. The summed E-state index contributed by atoms with van der Waals surface area (Å²) in [6.07, 6.45) is 1.36. The van der Waals surface area contributed by atoms with E-state index in [1.165, 1.54) is 6.08 Å². The molecule has 0 bridgehead atoms. The van der Waals surface area contributed by atoms with Crippen LogP contribution in [0, 0.1) is 20.2 Å². The average Bonchev–Trinajstić information content (AvgIpc) is 2.34. The van der Waals surface area contributed by atoms with E-state index in [2.05, 4.69) is 11.9 Å². The highest BCUT2D eigenvalue weighted by atomic mass is 16.6. The highest BCUT2D eigenvalue weighted by Gasteiger charge is 2.28. The van der Waals surface area contributed by atoms with E-state index in [4.69, 9.17) is 5.11 Å². The summed E-state index contributed by atoms with van der Waals surface area (Å²) < 4.78 is 0. The maximum Gasteiger partial charge on any atom is 0.336 e. The lowest BCUT2D eigenvalue weighted by Gasteiger charge is -2.06. The van der Waals surface area contributed by atoms with E-state index < -0.39 is 32.8 Å². The van der Waals surface area contributed by atoms with Gasteiger partial charge in [-0.15, -0.1) is 6.58 Å². The Morgan fingerprint density at radius 1 is 1.32 bits per heavy atom. The number of nitro groups is 2. The van der Waals surface area contributed by atoms with E-state index in [1.807, 2.05) is 0 Å². The van der Waals surface area contributed by atoms with E-state index in [-0.39, 0.29) is 12.2 Å². The number of nitrogens with one attached hydrogen (secondary N) is 1. The van der Waals surface area contributed by atoms with Crippen LogP contribution >= 0.6 is 0 Å². The van der Waals surface area contributed by atoms with Crippen LogP contribution in [0.3, 0.4) is 0 Å². The summed E-state index contributed by atoms with van der Waals surface area (Å²) in [6.45, 7) is 3.44. The van der Waals surface area contributed by atoms with Gasteiger partial charge < -0.3 is 10.4 Å². The zero-order valence-electron chi connectivity index (χ0n) is 9.53. The first-order valence-corrected chi connectivity index (χ1v) is 4.93. The van der Waals surface area contributed by atoms with Crippen LogP contribution < -0.4 is 5.32 Å². The highest BCUT2D eigenvalue weighted by Crippen LogP contribution is 2.35. The molecule has 1 aromatic carbocycles. The van der Waals surface area contributed by atoms with Crippen LogP contribution in [-0.2, 0) is 0 Å². The van der Waals surface area contributed by atoms with Gasteiger partial charge in [-0.3, -0.25) is 20.2 Å². The van der Waals surface area contributed by atoms with Crippen molar-refractivity contribution in [1.29, 1.82) is 0 Å². The standard InChI is InChI=1S/C10H9N3O6/c1-2-3-11-9-7(12(16)17)4-6(10(14)15)5-8(9)13(18)19/h2,4-5,11H,1,3H2,(H,14,15). The molecule has 19 heavy (non-hydrogen) atoms. The fourth-order valence-corrected chi connectivity index (χ4v) is 1.38. The monoisotopic (exact) mass is 267 g/mol. The molecule has 0 aliphatic heterocycles. The van der Waals surface area contributed by atoms with E-state index in [0.29, 0.717) is 0 Å². The van der Waals surface area contributed by atoms with Crippen LogP contribution in [0.2, 0.25) is 0 Å². The van der Waals surface area contributed by atoms with Gasteiger partial charge in [0.05, 0.1) is 15.4 Å². The lowest BCUT2D eigenvalue weighted by Crippen LogP contribution is -2.08. The average molecular weight is 267 g/mol. The maximum atomic E-state index is 10.9. The minimum Gasteiger partial charge on any atom is -0.478 e. The number of benzene rings is 1. The molecular weight excluding hydrogens is 258 g/mol. The van der Waals surface area contributed by atoms with Gasteiger partial charge in [0.15, 0.2) is 5.69 Å². The second kappa shape index (κ2) is 5.58. The normalized spacial score (nSPS) is 9.68. The molecule has 0 saturated heterocycles. The van der Waals surface area contributed by atoms with Gasteiger partial charge in [-0.1, -0.05) is 6.08 Å². The molecule has 0 radical (unpaired) electrons. The SMILES string of the molecule is C=CCNc1c([N+](=O)[O-])cc(C(=O)O)cc1[N+](=O)[O-]. The Hall–Kier alpha value is -2.97. The summed E-state index contributed by atoms with van der Waals surface area (Å²) in [5, 5.41) is 33.0. The van der Waals surface area contributed by atoms with Gasteiger partial charge in [-0.05, 0) is 0 Å². The molecule has 0 aliphatic rings. The summed E-state index contributed by atoms with van der Waals surface area (Å²) in [4.78, 5) is 30.7. The van der Waals surface area contributed by atoms with Crippen molar-refractivity contribution in [1.82, 2.24) is 0 Å². The number of rotatable bonds is 6. The fraction of sp³-hybridized carbons (Fsp3) is 0.100. The molecule has 9 heteroatoms. The van der Waals surface area contributed by atoms with E-state index >= 15 is 0 Å². The summed E-state index contributed by atoms with van der Waals surface area (Å²) >= 11 is 0. The molecule has 0 heterocycles. The van der Waals surface area contributed by atoms with Gasteiger partial charge in [0, 0.05) is 18.7 Å². The minimum absolute atomic E-state index is 0.0636. The van der Waals surface area contributed by atoms with Crippen molar-refractivity contribution < 1.29 is 19.7 Å². The Balaban J connectivity index is 3.54. The molecule has 0 aliphatic carbocycles. The first-order valence-electron chi connectivity index (χ1n) is 4.93. The van der Waals surface area contributed by atoms with Crippen molar-refractivity contribution in [2.45, 2.75) is 0 Å². The van der Waals surface area contributed by atoms with E-state index in [0.717, 1.165) is 12.1 Å². The topological polar surface area (TPSA) is 136 Å². The number of anilines is 1. The van der Waals surface area contributed by atoms with Gasteiger partial charge >= 0.3 is 5.97 Å². The lowest BCUT2D eigenvalue weighted by molar-refractivity contribution is -0.392. The highest BCUT2D eigenvalue weighted by molar-refractivity contribution is 5.92. The van der Waals surface area contributed by atoms with Crippen molar-refractivity contribution >= 4 is 23.0 Å². The van der Waals surface area contributed by atoms with E-state index in [1.54, 1.807) is 0 Å². The molecular formula is C10H9N3O6. The van der Waals surface area contributed by atoms with Crippen molar-refractivity contribution in [3.63, 3.8) is 0 Å². The molecule has 0 unspecified atom stereocenters. The van der Waals surface area contributed by atoms with Gasteiger partial charge in [0.25, 0.3) is 11.4 Å². The maximum absolute atomic E-state index is 10.9. The van der Waals surface area contributed by atoms with Crippen LogP contribution in [0.25, 0.3) is 0 Å². The predicted molar refractivity (Wildman–Crippen MR) is 65.4 cm³/mol. The molecule has 2 N–H and O–H groups in total. The van der Waals surface area contributed by atoms with Crippen molar-refractivity contribution in [2.75, 3.05) is 11.9 Å². The van der Waals surface area contributed by atoms with Gasteiger partial charge in [-0.25, -0.2) is 4.79 Å². The zero-order valence-corrected chi connectivity index (χ0v) is 9.53. The Labute approximate surface area is 106 Å². The first kappa shape index (κ1) is 14.1. The Kier molecular flexibility index (Phi) is 4.14. The van der Waals surface area contributed by atoms with Gasteiger partial charge in [0.1, 0.15) is 0 Å². The van der Waals surface area contributed by atoms with Gasteiger partial charge in [-0.2, -0.15) is 0 Å². The second-order valence-electron chi connectivity index (χ2n) is 3.38. The molecule has 9 nitrogen and oxygen atoms in total. The van der Waals surface area contributed by atoms with Crippen LogP contribution in [0.15, 0.2) is 24.8 Å². The van der Waals surface area contributed by atoms with Crippen LogP contribution in [-0.4, -0.2) is 27.5 Å². The van der Waals surface area contributed by atoms with Crippen LogP contribution in [0.5, 0.6) is 0 Å². The number of carboxylic acid groups (broad SMARTS) is 1. The minimum atomic E-state index is -1.48. The largest absolute Gasteiger partial charge is 0.478 e. The number of hydrogen-bond acceptors (Lipinski definition) is 6. The summed E-state index contributed by atoms with van der Waals surface area (Å²) in [7, 11) is 0. The number of carboxylic acids is 1. The molecule has 100 valence electrons. The third-order valence-electron chi connectivity index (χ3n) is 2.16. The van der Waals surface area contributed by atoms with Crippen LogP contribution in [0.1, 0.15) is 10.4 Å². The van der Waals surface area contributed by atoms with Crippen molar-refractivity contribution in [3.8, 4) is 0 Å². The Morgan fingerprint density at radius 2 is 1.79 bits per heavy atom. The lowest BCUT2D eigenvalue weighted by atomic mass is 10.1. The van der Waals surface area contributed by atoms with Crippen LogP contribution in [0.4, 0.5) is 17.1 Å². The number of nitrogens with zero attached hydrogens (tertiary/aromatic N) is 2. The smallest absolute Gasteiger partial charge is 0.336 e. The number of hydrogen-bond donors (Lipinski definition) is 2. The molecule has 0 atom stereocenters. The van der Waals surface area contributed by atoms with Gasteiger partial charge in [0.2, 0.25) is 0 Å². The number of aromatic carboxylic acids is 1. The Morgan fingerprint density at radius 3 is 2.11 bits per heavy atom. The first-order chi connectivity index (χ1) is 8.88. The summed E-state index contributed by atoms with van der Waals surface area (Å²) in [6, 6.07) is 1.53. The van der Waals surface area contributed by atoms with E-state index in [9.17, 15) is 25.0 Å². The third-order valence-corrected chi connectivity index (χ3v) is 2.16. The zero-order chi connectivity index (χ0) is 14.6. The van der Waals surface area contributed by atoms with Crippen molar-refractivity contribution in [3.05, 3.63) is 50.6 Å². The molecule has 0 fully saturated rings. The number of nitro benzene ring substituents is 2.